The maximum Gasteiger partial charge on any atom is 0.238 e. The summed E-state index contributed by atoms with van der Waals surface area (Å²) >= 11 is 0. The van der Waals surface area contributed by atoms with E-state index in [0.29, 0.717) is 6.54 Å². The Kier molecular flexibility index (Phi) is 5.19. The minimum absolute atomic E-state index is 0.0267. The second kappa shape index (κ2) is 7.53. The van der Waals surface area contributed by atoms with Gasteiger partial charge in [-0.05, 0) is 54.7 Å². The number of benzene rings is 2. The highest BCUT2D eigenvalue weighted by atomic mass is 16.3. The number of phenolic OH excluding ortho intramolecular Hbond substituents is 1. The molecule has 3 rings (SSSR count). The summed E-state index contributed by atoms with van der Waals surface area (Å²) in [6.45, 7) is 6.03. The van der Waals surface area contributed by atoms with E-state index >= 15 is 0 Å². The zero-order chi connectivity index (χ0) is 17.8. The van der Waals surface area contributed by atoms with Gasteiger partial charge in [0.1, 0.15) is 5.75 Å². The van der Waals surface area contributed by atoms with Gasteiger partial charge in [0.15, 0.2) is 0 Å². The van der Waals surface area contributed by atoms with Crippen LogP contribution in [0, 0.1) is 13.8 Å². The number of para-hydroxylation sites is 1. The quantitative estimate of drug-likeness (QED) is 0.894. The predicted octanol–water partition coefficient (Wildman–Crippen LogP) is 3.74. The van der Waals surface area contributed by atoms with Gasteiger partial charge >= 0.3 is 0 Å². The third-order valence-corrected chi connectivity index (χ3v) is 4.64. The van der Waals surface area contributed by atoms with E-state index in [1.807, 2.05) is 44.2 Å². The fraction of sp³-hybridized carbons (Fsp3) is 0.286. The smallest absolute Gasteiger partial charge is 0.238 e. The number of carbonyl (C=O) groups is 1. The van der Waals surface area contributed by atoms with Crippen LogP contribution < -0.4 is 5.32 Å². The summed E-state index contributed by atoms with van der Waals surface area (Å²) in [4.78, 5) is 14.5. The van der Waals surface area contributed by atoms with Crippen molar-refractivity contribution >= 4 is 17.2 Å². The van der Waals surface area contributed by atoms with Crippen LogP contribution in [0.15, 0.2) is 48.5 Å². The summed E-state index contributed by atoms with van der Waals surface area (Å²) < 4.78 is 0. The van der Waals surface area contributed by atoms with Crippen molar-refractivity contribution in [2.45, 2.75) is 20.3 Å². The minimum Gasteiger partial charge on any atom is -0.508 e. The lowest BCUT2D eigenvalue weighted by molar-refractivity contribution is -0.117. The number of rotatable bonds is 4. The number of hydrogen-bond donors (Lipinski definition) is 2. The highest BCUT2D eigenvalue weighted by Gasteiger charge is 2.16. The summed E-state index contributed by atoms with van der Waals surface area (Å²) in [6.07, 6.45) is 3.07. The summed E-state index contributed by atoms with van der Waals surface area (Å²) in [5.41, 5.74) is 5.50. The summed E-state index contributed by atoms with van der Waals surface area (Å²) in [5.74, 6) is 0.309. The van der Waals surface area contributed by atoms with Crippen molar-refractivity contribution in [3.63, 3.8) is 0 Å². The van der Waals surface area contributed by atoms with Crippen LogP contribution in [0.25, 0.3) is 5.57 Å². The lowest BCUT2D eigenvalue weighted by Crippen LogP contribution is -2.36. The Morgan fingerprint density at radius 3 is 2.40 bits per heavy atom. The Morgan fingerprint density at radius 2 is 1.80 bits per heavy atom. The molecule has 0 bridgehead atoms. The molecule has 0 atom stereocenters. The fourth-order valence-corrected chi connectivity index (χ4v) is 3.19. The number of aromatic hydroxyl groups is 1. The molecule has 130 valence electrons. The van der Waals surface area contributed by atoms with Gasteiger partial charge in [0.25, 0.3) is 0 Å². The highest BCUT2D eigenvalue weighted by molar-refractivity contribution is 5.93. The molecule has 2 aromatic carbocycles. The van der Waals surface area contributed by atoms with Crippen molar-refractivity contribution in [3.05, 3.63) is 65.2 Å². The van der Waals surface area contributed by atoms with Crippen LogP contribution in [0.5, 0.6) is 5.75 Å². The van der Waals surface area contributed by atoms with E-state index in [0.717, 1.165) is 41.9 Å². The van der Waals surface area contributed by atoms with Gasteiger partial charge in [-0.25, -0.2) is 0 Å². The Morgan fingerprint density at radius 1 is 1.12 bits per heavy atom. The number of nitrogens with zero attached hydrogens (tertiary/aromatic N) is 1. The van der Waals surface area contributed by atoms with Crippen LogP contribution in [-0.4, -0.2) is 35.5 Å². The molecule has 0 saturated carbocycles. The SMILES string of the molecule is Cc1cccc(C)c1NC(=O)CN1CC=C(c2ccc(O)cc2)CC1. The first-order valence-electron chi connectivity index (χ1n) is 8.60. The second-order valence-corrected chi connectivity index (χ2v) is 6.58. The van der Waals surface area contributed by atoms with E-state index in [9.17, 15) is 9.90 Å². The summed E-state index contributed by atoms with van der Waals surface area (Å²) in [5, 5.41) is 12.4. The first-order chi connectivity index (χ1) is 12.0. The second-order valence-electron chi connectivity index (χ2n) is 6.58. The molecule has 0 aromatic heterocycles. The van der Waals surface area contributed by atoms with E-state index in [1.165, 1.54) is 5.57 Å². The molecule has 0 radical (unpaired) electrons. The minimum atomic E-state index is 0.0267. The Bertz CT molecular complexity index is 774. The van der Waals surface area contributed by atoms with Gasteiger partial charge in [-0.3, -0.25) is 9.69 Å². The topological polar surface area (TPSA) is 52.6 Å². The average Bonchev–Trinajstić information content (AvgIpc) is 2.60. The lowest BCUT2D eigenvalue weighted by atomic mass is 9.99. The van der Waals surface area contributed by atoms with Gasteiger partial charge < -0.3 is 10.4 Å². The van der Waals surface area contributed by atoms with Gasteiger partial charge in [-0.2, -0.15) is 0 Å². The predicted molar refractivity (Wildman–Crippen MR) is 102 cm³/mol. The molecule has 25 heavy (non-hydrogen) atoms. The average molecular weight is 336 g/mol. The van der Waals surface area contributed by atoms with E-state index in [-0.39, 0.29) is 11.7 Å². The molecule has 1 aliphatic rings. The number of nitrogens with one attached hydrogen (secondary N) is 1. The van der Waals surface area contributed by atoms with E-state index in [2.05, 4.69) is 16.3 Å². The number of anilines is 1. The molecule has 0 aliphatic carbocycles. The van der Waals surface area contributed by atoms with Gasteiger partial charge in [0.05, 0.1) is 6.54 Å². The fourth-order valence-electron chi connectivity index (χ4n) is 3.19. The van der Waals surface area contributed by atoms with Crippen LogP contribution >= 0.6 is 0 Å². The van der Waals surface area contributed by atoms with Crippen LogP contribution in [0.3, 0.4) is 0 Å². The molecule has 1 heterocycles. The highest BCUT2D eigenvalue weighted by Crippen LogP contribution is 2.24. The number of aryl methyl sites for hydroxylation is 2. The molecule has 0 fully saturated rings. The van der Waals surface area contributed by atoms with Gasteiger partial charge in [-0.1, -0.05) is 36.4 Å². The van der Waals surface area contributed by atoms with Crippen LogP contribution in [0.2, 0.25) is 0 Å². The molecular formula is C21H24N2O2. The first kappa shape index (κ1) is 17.2. The zero-order valence-corrected chi connectivity index (χ0v) is 14.7. The van der Waals surface area contributed by atoms with E-state index in [1.54, 1.807) is 12.1 Å². The number of hydrogen-bond acceptors (Lipinski definition) is 3. The Hall–Kier alpha value is -2.59. The van der Waals surface area contributed by atoms with Crippen molar-refractivity contribution < 1.29 is 9.90 Å². The molecule has 2 aromatic rings. The third-order valence-electron chi connectivity index (χ3n) is 4.64. The first-order valence-corrected chi connectivity index (χ1v) is 8.60. The zero-order valence-electron chi connectivity index (χ0n) is 14.7. The molecule has 2 N–H and O–H groups in total. The molecular weight excluding hydrogens is 312 g/mol. The van der Waals surface area contributed by atoms with Gasteiger partial charge in [0.2, 0.25) is 5.91 Å². The van der Waals surface area contributed by atoms with Crippen molar-refractivity contribution in [1.82, 2.24) is 4.90 Å². The maximum absolute atomic E-state index is 12.4. The molecule has 0 spiro atoms. The van der Waals surface area contributed by atoms with Crippen molar-refractivity contribution in [3.8, 4) is 5.75 Å². The van der Waals surface area contributed by atoms with Crippen LogP contribution in [0.4, 0.5) is 5.69 Å². The number of phenols is 1. The monoisotopic (exact) mass is 336 g/mol. The van der Waals surface area contributed by atoms with Crippen molar-refractivity contribution in [1.29, 1.82) is 0 Å². The summed E-state index contributed by atoms with van der Waals surface area (Å²) in [6, 6.07) is 13.3. The van der Waals surface area contributed by atoms with Gasteiger partial charge in [0, 0.05) is 18.8 Å². The maximum atomic E-state index is 12.4. The van der Waals surface area contributed by atoms with Crippen LogP contribution in [-0.2, 0) is 4.79 Å². The molecule has 1 amide bonds. The van der Waals surface area contributed by atoms with Crippen molar-refractivity contribution in [2.75, 3.05) is 25.0 Å². The Balaban J connectivity index is 1.58. The lowest BCUT2D eigenvalue weighted by Gasteiger charge is -2.26. The van der Waals surface area contributed by atoms with Gasteiger partial charge in [-0.15, -0.1) is 0 Å². The third kappa shape index (κ3) is 4.28. The molecule has 1 aliphatic heterocycles. The number of amides is 1. The molecule has 4 nitrogen and oxygen atoms in total. The molecule has 0 saturated heterocycles. The summed E-state index contributed by atoms with van der Waals surface area (Å²) in [7, 11) is 0. The van der Waals surface area contributed by atoms with Crippen molar-refractivity contribution in [2.24, 2.45) is 0 Å². The standard InChI is InChI=1S/C21H24N2O2/c1-15-4-3-5-16(2)21(15)22-20(25)14-23-12-10-18(11-13-23)17-6-8-19(24)9-7-17/h3-10,24H,11-14H2,1-2H3,(H,22,25). The Labute approximate surface area is 148 Å². The van der Waals surface area contributed by atoms with Crippen LogP contribution in [0.1, 0.15) is 23.1 Å². The largest absolute Gasteiger partial charge is 0.508 e. The molecule has 4 heteroatoms. The van der Waals surface area contributed by atoms with E-state index in [4.69, 9.17) is 0 Å². The van der Waals surface area contributed by atoms with E-state index < -0.39 is 0 Å². The molecule has 0 unspecified atom stereocenters. The normalized spacial score (nSPS) is 14.9. The number of carbonyl (C=O) groups excluding carboxylic acids is 1.